The SMILES string of the molecule is CCCCCCCCCCCCCCCCCCCC/C=C/C(O)C(COC1OC(CO)C(O)C(OS(=O)(=O)O)C1O)NC(=O)CCCCCCCCCCCCCCCCCCCCCCCCCCCCCCCCCCCCCCCCC. The Bertz CT molecular complexity index is 1550. The van der Waals surface area contributed by atoms with Gasteiger partial charge >= 0.3 is 10.4 Å². The first-order valence-electron chi connectivity index (χ1n) is 37.6. The highest BCUT2D eigenvalue weighted by atomic mass is 32.3. The lowest BCUT2D eigenvalue weighted by Crippen LogP contribution is -2.61. The lowest BCUT2D eigenvalue weighted by atomic mass is 9.99. The van der Waals surface area contributed by atoms with Gasteiger partial charge in [0.15, 0.2) is 6.29 Å². The molecule has 1 rings (SSSR count). The van der Waals surface area contributed by atoms with Crippen molar-refractivity contribution in [1.82, 2.24) is 5.32 Å². The number of aliphatic hydroxyl groups excluding tert-OH is 4. The Morgan fingerprint density at radius 2 is 0.733 bits per heavy atom. The first kappa shape index (κ1) is 82.9. The lowest BCUT2D eigenvalue weighted by Gasteiger charge is -2.41. The summed E-state index contributed by atoms with van der Waals surface area (Å²) in [7, 11) is -5.09. The summed E-state index contributed by atoms with van der Waals surface area (Å²) in [6.07, 6.45) is 71.8. The Morgan fingerprint density at radius 3 is 1.01 bits per heavy atom. The average molecular weight is 1240 g/mol. The van der Waals surface area contributed by atoms with Gasteiger partial charge in [0.2, 0.25) is 5.91 Å². The maximum atomic E-state index is 13.2. The van der Waals surface area contributed by atoms with Crippen molar-refractivity contribution in [2.75, 3.05) is 13.2 Å². The minimum Gasteiger partial charge on any atom is -0.394 e. The predicted octanol–water partition coefficient (Wildman–Crippen LogP) is 20.1. The minimum absolute atomic E-state index is 0.252. The molecule has 0 aromatic rings. The third kappa shape index (κ3) is 53.5. The van der Waals surface area contributed by atoms with E-state index < -0.39 is 59.9 Å². The second-order valence-electron chi connectivity index (χ2n) is 26.6. The molecule has 1 fully saturated rings. The van der Waals surface area contributed by atoms with Crippen LogP contribution in [0.2, 0.25) is 0 Å². The average Bonchev–Trinajstić information content (AvgIpc) is 1.75. The Hall–Kier alpha value is -1.16. The summed E-state index contributed by atoms with van der Waals surface area (Å²) in [5, 5.41) is 45.2. The largest absolute Gasteiger partial charge is 0.397 e. The van der Waals surface area contributed by atoms with E-state index in [0.717, 1.165) is 38.5 Å². The van der Waals surface area contributed by atoms with Gasteiger partial charge in [0, 0.05) is 6.42 Å². The normalized spacial score (nSPS) is 18.2. The molecule has 0 bridgehead atoms. The number of nitrogens with one attached hydrogen (secondary N) is 1. The first-order chi connectivity index (χ1) is 42.0. The van der Waals surface area contributed by atoms with Crippen molar-refractivity contribution in [2.24, 2.45) is 0 Å². The van der Waals surface area contributed by atoms with Crippen molar-refractivity contribution in [3.8, 4) is 0 Å². The van der Waals surface area contributed by atoms with Gasteiger partial charge in [0.1, 0.15) is 24.4 Å². The number of unbranched alkanes of at least 4 members (excludes halogenated alkanes) is 56. The number of rotatable bonds is 68. The molecule has 6 N–H and O–H groups in total. The van der Waals surface area contributed by atoms with Crippen molar-refractivity contribution in [2.45, 2.75) is 436 Å². The van der Waals surface area contributed by atoms with Crippen LogP contribution in [-0.4, -0.2) is 95.4 Å². The van der Waals surface area contributed by atoms with E-state index in [9.17, 15) is 38.2 Å². The van der Waals surface area contributed by atoms with Crippen molar-refractivity contribution in [3.05, 3.63) is 12.2 Å². The highest BCUT2D eigenvalue weighted by molar-refractivity contribution is 7.80. The third-order valence-corrected chi connectivity index (χ3v) is 18.8. The van der Waals surface area contributed by atoms with E-state index in [-0.39, 0.29) is 18.9 Å². The van der Waals surface area contributed by atoms with E-state index in [2.05, 4.69) is 23.3 Å². The second-order valence-corrected chi connectivity index (χ2v) is 27.7. The molecule has 0 spiro atoms. The monoisotopic (exact) mass is 1240 g/mol. The smallest absolute Gasteiger partial charge is 0.394 e. The molecule has 13 heteroatoms. The number of amides is 1. The van der Waals surface area contributed by atoms with Crippen molar-refractivity contribution < 1.29 is 51.8 Å². The van der Waals surface area contributed by atoms with Gasteiger partial charge < -0.3 is 35.2 Å². The Balaban J connectivity index is 2.14. The number of carbonyl (C=O) groups excluding carboxylic acids is 1. The van der Waals surface area contributed by atoms with E-state index in [0.29, 0.717) is 6.42 Å². The van der Waals surface area contributed by atoms with Crippen LogP contribution in [0.25, 0.3) is 0 Å². The number of allylic oxidation sites excluding steroid dienone is 1. The van der Waals surface area contributed by atoms with Crippen LogP contribution < -0.4 is 5.32 Å². The molecule has 1 aliphatic rings. The molecule has 1 amide bonds. The molecule has 0 aromatic heterocycles. The van der Waals surface area contributed by atoms with Crippen LogP contribution in [0, 0.1) is 0 Å². The molecule has 0 radical (unpaired) electrons. The summed E-state index contributed by atoms with van der Waals surface area (Å²) < 4.78 is 48.1. The maximum Gasteiger partial charge on any atom is 0.397 e. The van der Waals surface area contributed by atoms with E-state index >= 15 is 0 Å². The van der Waals surface area contributed by atoms with Gasteiger partial charge in [-0.25, -0.2) is 4.18 Å². The fourth-order valence-electron chi connectivity index (χ4n) is 12.6. The number of aliphatic hydroxyl groups is 4. The molecule has 0 saturated carbocycles. The summed E-state index contributed by atoms with van der Waals surface area (Å²) >= 11 is 0. The minimum atomic E-state index is -5.09. The molecular formula is C73H143NO11S. The summed E-state index contributed by atoms with van der Waals surface area (Å²) in [5.41, 5.74) is 0. The second kappa shape index (κ2) is 62.6. The topological polar surface area (TPSA) is 192 Å². The van der Waals surface area contributed by atoms with E-state index in [4.69, 9.17) is 9.47 Å². The van der Waals surface area contributed by atoms with Crippen LogP contribution in [0.5, 0.6) is 0 Å². The van der Waals surface area contributed by atoms with Crippen molar-refractivity contribution >= 4 is 16.3 Å². The van der Waals surface area contributed by atoms with Crippen molar-refractivity contribution in [3.63, 3.8) is 0 Å². The zero-order valence-corrected chi connectivity index (χ0v) is 57.2. The quantitative estimate of drug-likeness (QED) is 0.0193. The number of ether oxygens (including phenoxy) is 2. The molecule has 7 atom stereocenters. The van der Waals surface area contributed by atoms with Gasteiger partial charge in [0.25, 0.3) is 0 Å². The molecule has 512 valence electrons. The Labute approximate surface area is 531 Å². The summed E-state index contributed by atoms with van der Waals surface area (Å²) in [6.45, 7) is 3.47. The summed E-state index contributed by atoms with van der Waals surface area (Å²) in [5.74, 6) is -0.252. The zero-order valence-electron chi connectivity index (χ0n) is 56.4. The number of hydrogen-bond acceptors (Lipinski definition) is 10. The van der Waals surface area contributed by atoms with Gasteiger partial charge in [-0.05, 0) is 19.3 Å². The molecule has 0 aromatic carbocycles. The van der Waals surface area contributed by atoms with Crippen LogP contribution in [0.1, 0.15) is 393 Å². The molecule has 7 unspecified atom stereocenters. The zero-order chi connectivity index (χ0) is 62.5. The van der Waals surface area contributed by atoms with E-state index in [1.54, 1.807) is 6.08 Å². The van der Waals surface area contributed by atoms with Crippen LogP contribution >= 0.6 is 0 Å². The van der Waals surface area contributed by atoms with Crippen LogP contribution in [0.3, 0.4) is 0 Å². The van der Waals surface area contributed by atoms with E-state index in [1.807, 2.05) is 6.08 Å². The first-order valence-corrected chi connectivity index (χ1v) is 38.9. The molecule has 1 saturated heterocycles. The highest BCUT2D eigenvalue weighted by Gasteiger charge is 2.48. The number of hydrogen-bond donors (Lipinski definition) is 6. The van der Waals surface area contributed by atoms with Crippen LogP contribution in [-0.2, 0) is 28.9 Å². The van der Waals surface area contributed by atoms with Gasteiger partial charge in [-0.15, -0.1) is 0 Å². The van der Waals surface area contributed by atoms with Crippen molar-refractivity contribution in [1.29, 1.82) is 0 Å². The molecule has 86 heavy (non-hydrogen) atoms. The molecule has 0 aliphatic carbocycles. The fraction of sp³-hybridized carbons (Fsp3) is 0.959. The molecular weight excluding hydrogens is 1100 g/mol. The Morgan fingerprint density at radius 1 is 0.453 bits per heavy atom. The molecule has 1 heterocycles. The molecule has 12 nitrogen and oxygen atoms in total. The predicted molar refractivity (Wildman–Crippen MR) is 361 cm³/mol. The lowest BCUT2D eigenvalue weighted by molar-refractivity contribution is -0.298. The highest BCUT2D eigenvalue weighted by Crippen LogP contribution is 2.27. The van der Waals surface area contributed by atoms with Crippen LogP contribution in [0.15, 0.2) is 12.2 Å². The third-order valence-electron chi connectivity index (χ3n) is 18.3. The Kier molecular flexibility index (Phi) is 60.3. The van der Waals surface area contributed by atoms with Gasteiger partial charge in [-0.1, -0.05) is 379 Å². The number of carbonyl (C=O) groups is 1. The summed E-state index contributed by atoms with van der Waals surface area (Å²) in [6, 6.07) is -0.942. The standard InChI is InChI=1S/C73H143NO11S/c1-3-5-7-9-11-13-15-17-19-21-23-25-26-27-28-29-30-31-32-33-34-35-36-37-38-39-40-41-42-43-45-47-49-51-53-55-57-59-61-63-69(77)74-66(65-83-73-71(79)72(85-86(80,81)82)70(78)68(64-75)84-73)67(76)62-60-58-56-54-52-50-48-46-44-24-22-20-18-16-14-12-10-8-6-4-2/h60,62,66-68,70-73,75-76,78-79H,3-59,61,63-65H2,1-2H3,(H,74,77)(H,80,81,82)/b62-60+. The maximum absolute atomic E-state index is 13.2. The van der Waals surface area contributed by atoms with E-state index in [1.165, 1.54) is 327 Å². The van der Waals surface area contributed by atoms with Crippen LogP contribution in [0.4, 0.5) is 0 Å². The summed E-state index contributed by atoms with van der Waals surface area (Å²) in [4.78, 5) is 13.2. The fourth-order valence-corrected chi connectivity index (χ4v) is 13.1. The molecule has 1 aliphatic heterocycles. The van der Waals surface area contributed by atoms with Gasteiger partial charge in [-0.3, -0.25) is 9.35 Å². The van der Waals surface area contributed by atoms with Gasteiger partial charge in [0.05, 0.1) is 25.4 Å². The van der Waals surface area contributed by atoms with Gasteiger partial charge in [-0.2, -0.15) is 8.42 Å².